The molecule has 1 aromatic rings. The second-order valence-electron chi connectivity index (χ2n) is 2.69. The van der Waals surface area contributed by atoms with Gasteiger partial charge in [0.05, 0.1) is 11.1 Å². The van der Waals surface area contributed by atoms with Crippen LogP contribution in [0.5, 0.6) is 0 Å². The second kappa shape index (κ2) is 5.62. The molecule has 0 spiro atoms. The van der Waals surface area contributed by atoms with Gasteiger partial charge in [0.15, 0.2) is 0 Å². The quantitative estimate of drug-likeness (QED) is 0.847. The van der Waals surface area contributed by atoms with E-state index in [1.54, 1.807) is 18.0 Å². The Morgan fingerprint density at radius 3 is 2.92 bits per heavy atom. The van der Waals surface area contributed by atoms with Crippen LogP contribution in [0.15, 0.2) is 27.8 Å². The zero-order valence-corrected chi connectivity index (χ0v) is 9.81. The van der Waals surface area contributed by atoms with Gasteiger partial charge in [0, 0.05) is 16.4 Å². The normalized spacial score (nSPS) is 12.8. The molecule has 1 aromatic heterocycles. The number of hydrogen-bond acceptors (Lipinski definition) is 3. The lowest BCUT2D eigenvalue weighted by molar-refractivity contribution is 0.195. The number of rotatable bonds is 4. The van der Waals surface area contributed by atoms with Gasteiger partial charge in [-0.1, -0.05) is 6.92 Å². The molecule has 1 heterocycles. The van der Waals surface area contributed by atoms with E-state index in [0.29, 0.717) is 5.75 Å². The third-order valence-corrected chi connectivity index (χ3v) is 3.15. The summed E-state index contributed by atoms with van der Waals surface area (Å²) in [5, 5.41) is 10.3. The Labute approximate surface area is 90.9 Å². The summed E-state index contributed by atoms with van der Waals surface area (Å²) in [4.78, 5) is 4.19. The highest BCUT2D eigenvalue weighted by molar-refractivity contribution is 9.10. The van der Waals surface area contributed by atoms with Crippen molar-refractivity contribution in [3.8, 4) is 0 Å². The highest BCUT2D eigenvalue weighted by Crippen LogP contribution is 2.18. The fourth-order valence-electron chi connectivity index (χ4n) is 0.747. The van der Waals surface area contributed by atoms with Crippen LogP contribution in [0, 0.1) is 0 Å². The van der Waals surface area contributed by atoms with Crippen molar-refractivity contribution in [2.24, 2.45) is 0 Å². The predicted octanol–water partition coefficient (Wildman–Crippen LogP) is 2.71. The van der Waals surface area contributed by atoms with Crippen molar-refractivity contribution in [3.63, 3.8) is 0 Å². The number of aliphatic hydroxyl groups is 1. The predicted molar refractivity (Wildman–Crippen MR) is 59.0 cm³/mol. The van der Waals surface area contributed by atoms with Crippen LogP contribution >= 0.6 is 27.7 Å². The number of aromatic nitrogens is 1. The fraction of sp³-hybridized carbons (Fsp3) is 0.444. The van der Waals surface area contributed by atoms with Gasteiger partial charge in [-0.3, -0.25) is 0 Å². The fourth-order valence-corrected chi connectivity index (χ4v) is 1.87. The molecule has 0 bridgehead atoms. The average Bonchev–Trinajstić information content (AvgIpc) is 2.16. The summed E-state index contributed by atoms with van der Waals surface area (Å²) in [6.07, 6.45) is 2.33. The summed E-state index contributed by atoms with van der Waals surface area (Å²) in [7, 11) is 0. The van der Waals surface area contributed by atoms with E-state index in [9.17, 15) is 5.11 Å². The van der Waals surface area contributed by atoms with Crippen molar-refractivity contribution < 1.29 is 5.11 Å². The summed E-state index contributed by atoms with van der Waals surface area (Å²) in [6.45, 7) is 1.97. The van der Waals surface area contributed by atoms with E-state index in [-0.39, 0.29) is 6.10 Å². The van der Waals surface area contributed by atoms with Crippen molar-refractivity contribution in [3.05, 3.63) is 22.8 Å². The molecule has 2 nitrogen and oxygen atoms in total. The lowest BCUT2D eigenvalue weighted by Gasteiger charge is -2.05. The standard InChI is InChI=1S/C9H12BrNOS/c1-2-8(12)6-13-9-4-3-7(10)5-11-9/h3-5,8,12H,2,6H2,1H3. The maximum atomic E-state index is 9.32. The Kier molecular flexibility index (Phi) is 4.77. The molecule has 0 fully saturated rings. The van der Waals surface area contributed by atoms with Crippen LogP contribution in [0.2, 0.25) is 0 Å². The Hall–Kier alpha value is -0.0600. The van der Waals surface area contributed by atoms with Crippen LogP contribution in [-0.4, -0.2) is 21.9 Å². The summed E-state index contributed by atoms with van der Waals surface area (Å²) in [5.74, 6) is 0.713. The van der Waals surface area contributed by atoms with Crippen molar-refractivity contribution in [1.82, 2.24) is 4.98 Å². The van der Waals surface area contributed by atoms with Crippen molar-refractivity contribution in [2.45, 2.75) is 24.5 Å². The highest BCUT2D eigenvalue weighted by atomic mass is 79.9. The molecule has 1 rings (SSSR count). The first-order valence-corrected chi connectivity index (χ1v) is 5.92. The van der Waals surface area contributed by atoms with Crippen LogP contribution in [0.1, 0.15) is 13.3 Å². The first kappa shape index (κ1) is 11.0. The number of aliphatic hydroxyl groups excluding tert-OH is 1. The number of halogens is 1. The molecule has 0 saturated heterocycles. The molecular weight excluding hydrogens is 250 g/mol. The molecule has 0 amide bonds. The van der Waals surface area contributed by atoms with Gasteiger partial charge in [0.2, 0.25) is 0 Å². The monoisotopic (exact) mass is 261 g/mol. The topological polar surface area (TPSA) is 33.1 Å². The average molecular weight is 262 g/mol. The summed E-state index contributed by atoms with van der Waals surface area (Å²) >= 11 is 4.90. The van der Waals surface area contributed by atoms with E-state index in [4.69, 9.17) is 0 Å². The minimum Gasteiger partial charge on any atom is -0.392 e. The molecule has 4 heteroatoms. The molecule has 0 saturated carbocycles. The van der Waals surface area contributed by atoms with Gasteiger partial charge in [-0.25, -0.2) is 4.98 Å². The zero-order valence-electron chi connectivity index (χ0n) is 7.40. The molecule has 1 N–H and O–H groups in total. The van der Waals surface area contributed by atoms with Crippen molar-refractivity contribution in [2.75, 3.05) is 5.75 Å². The van der Waals surface area contributed by atoms with E-state index in [0.717, 1.165) is 15.9 Å². The summed E-state index contributed by atoms with van der Waals surface area (Å²) in [6, 6.07) is 3.89. The van der Waals surface area contributed by atoms with Crippen molar-refractivity contribution >= 4 is 27.7 Å². The first-order chi connectivity index (χ1) is 6.22. The third-order valence-electron chi connectivity index (χ3n) is 1.60. The van der Waals surface area contributed by atoms with E-state index in [1.165, 1.54) is 0 Å². The molecule has 0 radical (unpaired) electrons. The number of nitrogens with zero attached hydrogens (tertiary/aromatic N) is 1. The summed E-state index contributed by atoms with van der Waals surface area (Å²) in [5.41, 5.74) is 0. The second-order valence-corrected chi connectivity index (χ2v) is 4.64. The van der Waals surface area contributed by atoms with Crippen molar-refractivity contribution in [1.29, 1.82) is 0 Å². The van der Waals surface area contributed by atoms with Gasteiger partial charge < -0.3 is 5.11 Å². The van der Waals surface area contributed by atoms with Crippen LogP contribution in [0.4, 0.5) is 0 Å². The molecule has 1 atom stereocenters. The third kappa shape index (κ3) is 4.11. The van der Waals surface area contributed by atoms with Gasteiger partial charge in [-0.15, -0.1) is 11.8 Å². The van der Waals surface area contributed by atoms with E-state index >= 15 is 0 Å². The molecule has 0 aliphatic heterocycles. The van der Waals surface area contributed by atoms with E-state index in [1.807, 2.05) is 19.1 Å². The van der Waals surface area contributed by atoms with Gasteiger partial charge >= 0.3 is 0 Å². The largest absolute Gasteiger partial charge is 0.392 e. The van der Waals surface area contributed by atoms with Gasteiger partial charge in [-0.2, -0.15) is 0 Å². The van der Waals surface area contributed by atoms with Crippen LogP contribution in [0.25, 0.3) is 0 Å². The first-order valence-electron chi connectivity index (χ1n) is 4.14. The highest BCUT2D eigenvalue weighted by Gasteiger charge is 2.02. The van der Waals surface area contributed by atoms with E-state index in [2.05, 4.69) is 20.9 Å². The molecular formula is C9H12BrNOS. The van der Waals surface area contributed by atoms with Gasteiger partial charge in [0.1, 0.15) is 0 Å². The van der Waals surface area contributed by atoms with Crippen LogP contribution in [-0.2, 0) is 0 Å². The molecule has 1 unspecified atom stereocenters. The van der Waals surface area contributed by atoms with Crippen LogP contribution in [0.3, 0.4) is 0 Å². The number of thioether (sulfide) groups is 1. The zero-order chi connectivity index (χ0) is 9.68. The molecule has 13 heavy (non-hydrogen) atoms. The smallest absolute Gasteiger partial charge is 0.0961 e. The Bertz CT molecular complexity index is 252. The lowest BCUT2D eigenvalue weighted by Crippen LogP contribution is -2.07. The SMILES string of the molecule is CCC(O)CSc1ccc(Br)cn1. The number of pyridine rings is 1. The molecule has 0 aliphatic rings. The van der Waals surface area contributed by atoms with Gasteiger partial charge in [-0.05, 0) is 34.5 Å². The lowest BCUT2D eigenvalue weighted by atomic mass is 10.3. The minimum atomic E-state index is -0.226. The van der Waals surface area contributed by atoms with Crippen LogP contribution < -0.4 is 0 Å². The molecule has 0 aromatic carbocycles. The maximum Gasteiger partial charge on any atom is 0.0961 e. The maximum absolute atomic E-state index is 9.32. The number of hydrogen-bond donors (Lipinski definition) is 1. The van der Waals surface area contributed by atoms with Gasteiger partial charge in [0.25, 0.3) is 0 Å². The molecule has 72 valence electrons. The Morgan fingerprint density at radius 1 is 1.62 bits per heavy atom. The Balaban J connectivity index is 2.41. The summed E-state index contributed by atoms with van der Waals surface area (Å²) < 4.78 is 0.980. The molecule has 0 aliphatic carbocycles. The minimum absolute atomic E-state index is 0.226. The Morgan fingerprint density at radius 2 is 2.38 bits per heavy atom. The van der Waals surface area contributed by atoms with E-state index < -0.39 is 0 Å².